The summed E-state index contributed by atoms with van der Waals surface area (Å²) in [6.45, 7) is 0.302. The summed E-state index contributed by atoms with van der Waals surface area (Å²) < 4.78 is 26.3. The maximum Gasteiger partial charge on any atom is 0.306 e. The number of rotatable bonds is 2. The highest BCUT2D eigenvalue weighted by Gasteiger charge is 2.15. The molecule has 0 aromatic heterocycles. The predicted octanol–water partition coefficient (Wildman–Crippen LogP) is 0.849. The Balaban J connectivity index is 2.29. The van der Waals surface area contributed by atoms with Crippen LogP contribution in [0.4, 0.5) is 0 Å². The molecule has 0 bridgehead atoms. The first kappa shape index (κ1) is 9.29. The third-order valence-electron chi connectivity index (χ3n) is 1.64. The molecule has 0 aliphatic carbocycles. The molecule has 0 unspecified atom stereocenters. The zero-order valence-electron chi connectivity index (χ0n) is 7.39. The van der Waals surface area contributed by atoms with Crippen molar-refractivity contribution in [2.75, 3.05) is 6.26 Å². The molecule has 14 heavy (non-hydrogen) atoms. The fraction of sp³-hybridized carbons (Fsp3) is 0.250. The lowest BCUT2D eigenvalue weighted by atomic mass is 10.2. The van der Waals surface area contributed by atoms with E-state index in [9.17, 15) is 8.42 Å². The summed E-state index contributed by atoms with van der Waals surface area (Å²) in [5.74, 6) is 0.853. The van der Waals surface area contributed by atoms with Gasteiger partial charge in [0.2, 0.25) is 0 Å². The highest BCUT2D eigenvalue weighted by atomic mass is 32.2. The second-order valence-electron chi connectivity index (χ2n) is 2.90. The minimum Gasteiger partial charge on any atom is -0.383 e. The summed E-state index contributed by atoms with van der Waals surface area (Å²) in [4.78, 5) is 9.47. The molecule has 5 nitrogen and oxygen atoms in total. The van der Waals surface area contributed by atoms with Crippen molar-refractivity contribution < 1.29 is 22.4 Å². The van der Waals surface area contributed by atoms with Crippen LogP contribution in [0.2, 0.25) is 0 Å². The minimum absolute atomic E-state index is 0.264. The Morgan fingerprint density at radius 3 is 2.93 bits per heavy atom. The molecule has 0 saturated carbocycles. The van der Waals surface area contributed by atoms with E-state index in [0.717, 1.165) is 11.8 Å². The van der Waals surface area contributed by atoms with Gasteiger partial charge in [0.15, 0.2) is 5.75 Å². The highest BCUT2D eigenvalue weighted by molar-refractivity contribution is 7.86. The van der Waals surface area contributed by atoms with Crippen molar-refractivity contribution in [2.24, 2.45) is 0 Å². The Labute approximate surface area is 81.3 Å². The van der Waals surface area contributed by atoms with E-state index in [-0.39, 0.29) is 5.75 Å². The molecular weight excluding hydrogens is 208 g/mol. The van der Waals surface area contributed by atoms with Gasteiger partial charge in [-0.05, 0) is 18.2 Å². The number of benzene rings is 1. The Morgan fingerprint density at radius 1 is 1.43 bits per heavy atom. The van der Waals surface area contributed by atoms with Gasteiger partial charge >= 0.3 is 10.1 Å². The van der Waals surface area contributed by atoms with E-state index in [4.69, 9.17) is 9.78 Å². The topological polar surface area (TPSA) is 61.8 Å². The van der Waals surface area contributed by atoms with Gasteiger partial charge in [0.05, 0.1) is 6.26 Å². The fourth-order valence-corrected chi connectivity index (χ4v) is 1.59. The van der Waals surface area contributed by atoms with Crippen molar-refractivity contribution in [3.8, 4) is 11.5 Å². The number of hydrogen-bond acceptors (Lipinski definition) is 5. The number of fused-ring (bicyclic) bond motifs is 1. The van der Waals surface area contributed by atoms with E-state index in [2.05, 4.69) is 4.18 Å². The zero-order chi connectivity index (χ0) is 10.2. The van der Waals surface area contributed by atoms with E-state index >= 15 is 0 Å². The molecule has 1 aromatic carbocycles. The summed E-state index contributed by atoms with van der Waals surface area (Å²) in [6, 6.07) is 4.68. The lowest BCUT2D eigenvalue weighted by Gasteiger charge is -2.02. The molecule has 0 spiro atoms. The van der Waals surface area contributed by atoms with Gasteiger partial charge in [-0.25, -0.2) is 0 Å². The Kier molecular flexibility index (Phi) is 2.09. The van der Waals surface area contributed by atoms with Gasteiger partial charge < -0.3 is 9.07 Å². The van der Waals surface area contributed by atoms with Crippen molar-refractivity contribution in [1.29, 1.82) is 0 Å². The van der Waals surface area contributed by atoms with Gasteiger partial charge in [-0.3, -0.25) is 0 Å². The van der Waals surface area contributed by atoms with Crippen molar-refractivity contribution >= 4 is 10.1 Å². The van der Waals surface area contributed by atoms with E-state index in [0.29, 0.717) is 12.4 Å². The molecular formula is C8H8O5S. The Bertz CT molecular complexity index is 451. The number of hydrogen-bond donors (Lipinski definition) is 0. The van der Waals surface area contributed by atoms with E-state index in [1.165, 1.54) is 6.07 Å². The van der Waals surface area contributed by atoms with Gasteiger partial charge in [-0.2, -0.15) is 13.3 Å². The second kappa shape index (κ2) is 3.14. The average Bonchev–Trinajstić information content (AvgIpc) is 2.47. The SMILES string of the molecule is CS(=O)(=O)Oc1ccc2c(c1)COO2. The molecule has 0 N–H and O–H groups in total. The zero-order valence-corrected chi connectivity index (χ0v) is 8.21. The molecule has 1 aromatic rings. The highest BCUT2D eigenvalue weighted by Crippen LogP contribution is 2.29. The van der Waals surface area contributed by atoms with Crippen molar-refractivity contribution in [3.63, 3.8) is 0 Å². The third kappa shape index (κ3) is 1.97. The molecule has 0 radical (unpaired) electrons. The summed E-state index contributed by atoms with van der Waals surface area (Å²) in [5.41, 5.74) is 0.770. The van der Waals surface area contributed by atoms with Gasteiger partial charge in [-0.1, -0.05) is 0 Å². The Morgan fingerprint density at radius 2 is 2.21 bits per heavy atom. The van der Waals surface area contributed by atoms with Gasteiger partial charge in [0.25, 0.3) is 0 Å². The lowest BCUT2D eigenvalue weighted by molar-refractivity contribution is -0.194. The van der Waals surface area contributed by atoms with Crippen molar-refractivity contribution in [3.05, 3.63) is 23.8 Å². The monoisotopic (exact) mass is 216 g/mol. The smallest absolute Gasteiger partial charge is 0.306 e. The van der Waals surface area contributed by atoms with Crippen LogP contribution in [0.25, 0.3) is 0 Å². The predicted molar refractivity (Wildman–Crippen MR) is 47.3 cm³/mol. The molecule has 1 aliphatic rings. The molecule has 1 aliphatic heterocycles. The van der Waals surface area contributed by atoms with Crippen LogP contribution in [0.1, 0.15) is 5.56 Å². The van der Waals surface area contributed by atoms with Crippen LogP contribution in [0, 0.1) is 0 Å². The van der Waals surface area contributed by atoms with Crippen molar-refractivity contribution in [1.82, 2.24) is 0 Å². The minimum atomic E-state index is -3.48. The fourth-order valence-electron chi connectivity index (χ4n) is 1.13. The maximum absolute atomic E-state index is 10.8. The molecule has 0 atom stereocenters. The van der Waals surface area contributed by atoms with E-state index in [1.807, 2.05) is 0 Å². The van der Waals surface area contributed by atoms with Crippen LogP contribution < -0.4 is 9.07 Å². The first-order valence-electron chi connectivity index (χ1n) is 3.86. The molecule has 1 heterocycles. The van der Waals surface area contributed by atoms with Crippen LogP contribution >= 0.6 is 0 Å². The van der Waals surface area contributed by atoms with Gasteiger partial charge in [0, 0.05) is 5.56 Å². The molecule has 0 fully saturated rings. The molecule has 0 saturated heterocycles. The van der Waals surface area contributed by atoms with Crippen LogP contribution in [0.3, 0.4) is 0 Å². The molecule has 76 valence electrons. The largest absolute Gasteiger partial charge is 0.383 e. The molecule has 0 amide bonds. The summed E-state index contributed by atoms with van der Waals surface area (Å²) in [6.07, 6.45) is 0.993. The average molecular weight is 216 g/mol. The van der Waals surface area contributed by atoms with Crippen LogP contribution in [-0.4, -0.2) is 14.7 Å². The summed E-state index contributed by atoms with van der Waals surface area (Å²) >= 11 is 0. The maximum atomic E-state index is 10.8. The van der Waals surface area contributed by atoms with E-state index in [1.54, 1.807) is 12.1 Å². The Hall–Kier alpha value is -1.27. The van der Waals surface area contributed by atoms with Crippen molar-refractivity contribution in [2.45, 2.75) is 6.61 Å². The quantitative estimate of drug-likeness (QED) is 0.541. The second-order valence-corrected chi connectivity index (χ2v) is 4.48. The first-order valence-corrected chi connectivity index (χ1v) is 5.68. The standard InChI is InChI=1S/C8H8O5S/c1-14(9,10)13-7-2-3-8-6(4-7)5-11-12-8/h2-4H,5H2,1H3. The van der Waals surface area contributed by atoms with Gasteiger partial charge in [-0.15, -0.1) is 0 Å². The lowest BCUT2D eigenvalue weighted by Crippen LogP contribution is -2.05. The van der Waals surface area contributed by atoms with Crippen LogP contribution in [-0.2, 0) is 21.6 Å². The van der Waals surface area contributed by atoms with Gasteiger partial charge in [0.1, 0.15) is 12.4 Å². The van der Waals surface area contributed by atoms with E-state index < -0.39 is 10.1 Å². The normalized spacial score (nSPS) is 14.6. The summed E-state index contributed by atoms with van der Waals surface area (Å²) in [5, 5.41) is 0. The molecule has 2 rings (SSSR count). The van der Waals surface area contributed by atoms with Crippen LogP contribution in [0.5, 0.6) is 11.5 Å². The molecule has 6 heteroatoms. The third-order valence-corrected chi connectivity index (χ3v) is 2.14. The summed E-state index contributed by atoms with van der Waals surface area (Å²) in [7, 11) is -3.48. The van der Waals surface area contributed by atoms with Crippen LogP contribution in [0.15, 0.2) is 18.2 Å². The first-order chi connectivity index (χ1) is 6.54.